The lowest BCUT2D eigenvalue weighted by Crippen LogP contribution is -2.47. The van der Waals surface area contributed by atoms with Gasteiger partial charge in [-0.15, -0.1) is 0 Å². The number of esters is 1. The predicted molar refractivity (Wildman–Crippen MR) is 140 cm³/mol. The molecular formula is C30H39NO5. The Labute approximate surface area is 214 Å². The molecule has 0 atom stereocenters. The third-order valence-corrected chi connectivity index (χ3v) is 7.83. The summed E-state index contributed by atoms with van der Waals surface area (Å²) in [6.45, 7) is 2.65. The molecule has 4 rings (SSSR count). The number of ether oxygens (including phenoxy) is 3. The van der Waals surface area contributed by atoms with Crippen molar-refractivity contribution in [2.45, 2.75) is 77.0 Å². The maximum absolute atomic E-state index is 14.0. The SMILES string of the molecule is COC(=O)c1cc(OCc2ccccc2)ccc1N(C(=O)C1CCC(C)CC1)C1CCC(OC)CC1. The molecule has 6 heteroatoms. The Bertz CT molecular complexity index is 1010. The summed E-state index contributed by atoms with van der Waals surface area (Å²) in [5.74, 6) is 0.888. The summed E-state index contributed by atoms with van der Waals surface area (Å²) in [5.41, 5.74) is 2.03. The molecule has 2 fully saturated rings. The minimum atomic E-state index is -0.462. The highest BCUT2D eigenvalue weighted by Crippen LogP contribution is 2.37. The summed E-state index contributed by atoms with van der Waals surface area (Å²) < 4.78 is 16.7. The van der Waals surface area contributed by atoms with Crippen LogP contribution in [0.1, 0.15) is 74.2 Å². The fraction of sp³-hybridized carbons (Fsp3) is 0.533. The molecule has 2 aliphatic rings. The average Bonchev–Trinajstić information content (AvgIpc) is 2.93. The van der Waals surface area contributed by atoms with E-state index < -0.39 is 5.97 Å². The van der Waals surface area contributed by atoms with Crippen LogP contribution in [0.2, 0.25) is 0 Å². The normalized spacial score (nSPS) is 24.1. The molecule has 6 nitrogen and oxygen atoms in total. The summed E-state index contributed by atoms with van der Waals surface area (Å²) in [5, 5.41) is 0. The Hall–Kier alpha value is -2.86. The topological polar surface area (TPSA) is 65.1 Å². The zero-order valence-corrected chi connectivity index (χ0v) is 21.8. The predicted octanol–water partition coefficient (Wildman–Crippen LogP) is 6.17. The van der Waals surface area contributed by atoms with E-state index in [1.54, 1.807) is 13.2 Å². The van der Waals surface area contributed by atoms with Gasteiger partial charge in [0.1, 0.15) is 12.4 Å². The van der Waals surface area contributed by atoms with Crippen LogP contribution in [-0.2, 0) is 20.9 Å². The van der Waals surface area contributed by atoms with Crippen molar-refractivity contribution in [1.29, 1.82) is 0 Å². The molecule has 0 N–H and O–H groups in total. The molecule has 0 bridgehead atoms. The van der Waals surface area contributed by atoms with Gasteiger partial charge in [0.2, 0.25) is 5.91 Å². The Morgan fingerprint density at radius 3 is 2.22 bits per heavy atom. The molecule has 36 heavy (non-hydrogen) atoms. The Kier molecular flexibility index (Phi) is 9.03. The first-order chi connectivity index (χ1) is 17.5. The molecule has 0 unspecified atom stereocenters. The second kappa shape index (κ2) is 12.4. The lowest BCUT2D eigenvalue weighted by atomic mass is 9.81. The molecule has 2 aromatic rings. The van der Waals surface area contributed by atoms with E-state index in [0.717, 1.165) is 56.9 Å². The van der Waals surface area contributed by atoms with Crippen LogP contribution in [0.3, 0.4) is 0 Å². The molecule has 2 aromatic carbocycles. The summed E-state index contributed by atoms with van der Waals surface area (Å²) in [4.78, 5) is 28.9. The van der Waals surface area contributed by atoms with Gasteiger partial charge in [0.05, 0.1) is 24.5 Å². The molecule has 194 valence electrons. The van der Waals surface area contributed by atoms with Crippen LogP contribution in [0.4, 0.5) is 5.69 Å². The van der Waals surface area contributed by atoms with Crippen LogP contribution in [0, 0.1) is 11.8 Å². The molecule has 2 saturated carbocycles. The molecule has 0 aliphatic heterocycles. The largest absolute Gasteiger partial charge is 0.489 e. The smallest absolute Gasteiger partial charge is 0.340 e. The number of amides is 1. The Morgan fingerprint density at radius 1 is 0.889 bits per heavy atom. The highest BCUT2D eigenvalue weighted by Gasteiger charge is 2.36. The van der Waals surface area contributed by atoms with Crippen molar-refractivity contribution in [3.8, 4) is 5.75 Å². The number of benzene rings is 2. The quantitative estimate of drug-likeness (QED) is 0.412. The van der Waals surface area contributed by atoms with Crippen LogP contribution in [0.15, 0.2) is 48.5 Å². The highest BCUT2D eigenvalue weighted by atomic mass is 16.5. The number of hydrogen-bond donors (Lipinski definition) is 0. The fourth-order valence-electron chi connectivity index (χ4n) is 5.57. The minimum absolute atomic E-state index is 0.0131. The van der Waals surface area contributed by atoms with Crippen molar-refractivity contribution in [2.24, 2.45) is 11.8 Å². The third-order valence-electron chi connectivity index (χ3n) is 7.83. The van der Waals surface area contributed by atoms with E-state index in [9.17, 15) is 9.59 Å². The molecule has 0 aromatic heterocycles. The van der Waals surface area contributed by atoms with Gasteiger partial charge in [-0.3, -0.25) is 4.79 Å². The van der Waals surface area contributed by atoms with E-state index in [4.69, 9.17) is 14.2 Å². The van der Waals surface area contributed by atoms with E-state index in [1.165, 1.54) is 7.11 Å². The van der Waals surface area contributed by atoms with E-state index in [0.29, 0.717) is 29.5 Å². The van der Waals surface area contributed by atoms with Gasteiger partial charge in [-0.05, 0) is 81.0 Å². The maximum atomic E-state index is 14.0. The first-order valence-corrected chi connectivity index (χ1v) is 13.2. The number of carbonyl (C=O) groups excluding carboxylic acids is 2. The molecule has 0 saturated heterocycles. The van der Waals surface area contributed by atoms with Crippen molar-refractivity contribution in [3.63, 3.8) is 0 Å². The second-order valence-corrected chi connectivity index (χ2v) is 10.3. The van der Waals surface area contributed by atoms with Crippen molar-refractivity contribution in [3.05, 3.63) is 59.7 Å². The highest BCUT2D eigenvalue weighted by molar-refractivity contribution is 6.04. The van der Waals surface area contributed by atoms with E-state index in [-0.39, 0.29) is 24.0 Å². The van der Waals surface area contributed by atoms with Gasteiger partial charge in [0.15, 0.2) is 0 Å². The average molecular weight is 494 g/mol. The van der Waals surface area contributed by atoms with Crippen LogP contribution >= 0.6 is 0 Å². The second-order valence-electron chi connectivity index (χ2n) is 10.3. The summed E-state index contributed by atoms with van der Waals surface area (Å²) in [6, 6.07) is 15.4. The minimum Gasteiger partial charge on any atom is -0.489 e. The van der Waals surface area contributed by atoms with E-state index in [1.807, 2.05) is 47.4 Å². The molecule has 2 aliphatic carbocycles. The number of rotatable bonds is 8. The standard InChI is InChI=1S/C30H39NO5/c1-21-9-11-23(12-10-21)29(32)31(24-13-15-25(34-2)16-14-24)28-18-17-26(19-27(28)30(33)35-3)36-20-22-7-5-4-6-8-22/h4-8,17-19,21,23-25H,9-16,20H2,1-3H3. The Balaban J connectivity index is 1.64. The van der Waals surface area contributed by atoms with Gasteiger partial charge in [0, 0.05) is 19.1 Å². The zero-order chi connectivity index (χ0) is 25.5. The molecule has 1 amide bonds. The first kappa shape index (κ1) is 26.2. The van der Waals surface area contributed by atoms with E-state index in [2.05, 4.69) is 6.92 Å². The molecule has 0 spiro atoms. The molecule has 0 heterocycles. The van der Waals surface area contributed by atoms with Crippen LogP contribution in [-0.4, -0.2) is 38.2 Å². The lowest BCUT2D eigenvalue weighted by molar-refractivity contribution is -0.124. The van der Waals surface area contributed by atoms with Gasteiger partial charge in [0.25, 0.3) is 0 Å². The lowest BCUT2D eigenvalue weighted by Gasteiger charge is -2.40. The van der Waals surface area contributed by atoms with E-state index >= 15 is 0 Å². The zero-order valence-electron chi connectivity index (χ0n) is 21.8. The van der Waals surface area contributed by atoms with Gasteiger partial charge >= 0.3 is 5.97 Å². The van der Waals surface area contributed by atoms with Crippen LogP contribution in [0.25, 0.3) is 0 Å². The summed E-state index contributed by atoms with van der Waals surface area (Å²) in [7, 11) is 3.13. The van der Waals surface area contributed by atoms with Crippen molar-refractivity contribution in [2.75, 3.05) is 19.1 Å². The third kappa shape index (κ3) is 6.28. The fourth-order valence-corrected chi connectivity index (χ4v) is 5.57. The maximum Gasteiger partial charge on any atom is 0.340 e. The number of nitrogens with zero attached hydrogens (tertiary/aromatic N) is 1. The monoisotopic (exact) mass is 493 g/mol. The molecule has 0 radical (unpaired) electrons. The Morgan fingerprint density at radius 2 is 1.58 bits per heavy atom. The number of carbonyl (C=O) groups is 2. The summed E-state index contributed by atoms with van der Waals surface area (Å²) in [6.07, 6.45) is 7.65. The summed E-state index contributed by atoms with van der Waals surface area (Å²) >= 11 is 0. The van der Waals surface area contributed by atoms with Crippen LogP contribution in [0.5, 0.6) is 5.75 Å². The number of methoxy groups -OCH3 is 2. The molecular weight excluding hydrogens is 454 g/mol. The van der Waals surface area contributed by atoms with Gasteiger partial charge < -0.3 is 19.1 Å². The van der Waals surface area contributed by atoms with Gasteiger partial charge in [-0.25, -0.2) is 4.79 Å². The van der Waals surface area contributed by atoms with Crippen LogP contribution < -0.4 is 9.64 Å². The number of hydrogen-bond acceptors (Lipinski definition) is 5. The van der Waals surface area contributed by atoms with Gasteiger partial charge in [-0.1, -0.05) is 37.3 Å². The number of anilines is 1. The first-order valence-electron chi connectivity index (χ1n) is 13.2. The van der Waals surface area contributed by atoms with Crippen molar-refractivity contribution in [1.82, 2.24) is 0 Å². The van der Waals surface area contributed by atoms with Gasteiger partial charge in [-0.2, -0.15) is 0 Å². The van der Waals surface area contributed by atoms with Crippen molar-refractivity contribution >= 4 is 17.6 Å². The van der Waals surface area contributed by atoms with Crippen molar-refractivity contribution < 1.29 is 23.8 Å².